The van der Waals surface area contributed by atoms with Crippen LogP contribution >= 0.6 is 22.6 Å². The van der Waals surface area contributed by atoms with E-state index in [1.54, 1.807) is 12.1 Å². The lowest BCUT2D eigenvalue weighted by Gasteiger charge is -1.92. The lowest BCUT2D eigenvalue weighted by atomic mass is 10.1. The Kier molecular flexibility index (Phi) is 3.65. The van der Waals surface area contributed by atoms with Crippen molar-refractivity contribution in [2.45, 2.75) is 0 Å². The molecule has 1 rings (SSSR count). The molecule has 13 heavy (non-hydrogen) atoms. The lowest BCUT2D eigenvalue weighted by Crippen LogP contribution is -1.80. The summed E-state index contributed by atoms with van der Waals surface area (Å²) >= 11 is 2.19. The van der Waals surface area contributed by atoms with E-state index in [0.717, 1.165) is 9.13 Å². The maximum atomic E-state index is 10.3. The Labute approximate surface area is 90.0 Å². The summed E-state index contributed by atoms with van der Waals surface area (Å²) in [6.45, 7) is 0. The van der Waals surface area contributed by atoms with Crippen LogP contribution in [0.3, 0.4) is 0 Å². The van der Waals surface area contributed by atoms with Gasteiger partial charge in [-0.05, 0) is 46.4 Å². The molecular formula is C10H6INO. The average Bonchev–Trinajstić information content (AvgIpc) is 2.17. The SMILES string of the molecule is N#C/C(C=O)=C/c1ccc(I)cc1. The van der Waals surface area contributed by atoms with E-state index in [1.807, 2.05) is 24.3 Å². The molecule has 0 aliphatic heterocycles. The summed E-state index contributed by atoms with van der Waals surface area (Å²) in [5, 5.41) is 8.49. The number of hydrogen-bond donors (Lipinski definition) is 0. The number of hydrogen-bond acceptors (Lipinski definition) is 2. The molecule has 3 heteroatoms. The molecule has 0 fully saturated rings. The number of halogens is 1. The number of nitriles is 1. The van der Waals surface area contributed by atoms with E-state index in [-0.39, 0.29) is 5.57 Å². The van der Waals surface area contributed by atoms with Gasteiger partial charge in [0, 0.05) is 3.57 Å². The zero-order chi connectivity index (χ0) is 9.68. The van der Waals surface area contributed by atoms with Gasteiger partial charge in [0.05, 0.1) is 5.57 Å². The minimum Gasteiger partial charge on any atom is -0.297 e. The first kappa shape index (κ1) is 9.93. The van der Waals surface area contributed by atoms with Gasteiger partial charge >= 0.3 is 0 Å². The first-order valence-electron chi connectivity index (χ1n) is 3.59. The number of carbonyl (C=O) groups is 1. The molecule has 0 saturated heterocycles. The van der Waals surface area contributed by atoms with Crippen molar-refractivity contribution in [2.24, 2.45) is 0 Å². The second-order valence-electron chi connectivity index (χ2n) is 2.38. The first-order chi connectivity index (χ1) is 6.26. The van der Waals surface area contributed by atoms with Gasteiger partial charge in [-0.25, -0.2) is 0 Å². The van der Waals surface area contributed by atoms with E-state index < -0.39 is 0 Å². The van der Waals surface area contributed by atoms with Gasteiger partial charge in [-0.1, -0.05) is 12.1 Å². The van der Waals surface area contributed by atoms with Crippen LogP contribution in [0, 0.1) is 14.9 Å². The fourth-order valence-corrected chi connectivity index (χ4v) is 1.19. The molecule has 0 radical (unpaired) electrons. The molecule has 2 nitrogen and oxygen atoms in total. The maximum absolute atomic E-state index is 10.3. The highest BCUT2D eigenvalue weighted by molar-refractivity contribution is 14.1. The van der Waals surface area contributed by atoms with E-state index >= 15 is 0 Å². The zero-order valence-corrected chi connectivity index (χ0v) is 8.86. The number of carbonyl (C=O) groups excluding carboxylic acids is 1. The molecule has 0 heterocycles. The Morgan fingerprint density at radius 1 is 1.38 bits per heavy atom. The predicted molar refractivity (Wildman–Crippen MR) is 58.8 cm³/mol. The lowest BCUT2D eigenvalue weighted by molar-refractivity contribution is -0.104. The Bertz CT molecular complexity index is 373. The van der Waals surface area contributed by atoms with Crippen LogP contribution in [0.4, 0.5) is 0 Å². The van der Waals surface area contributed by atoms with Crippen LogP contribution in [-0.2, 0) is 4.79 Å². The molecule has 0 aliphatic carbocycles. The standard InChI is InChI=1S/C10H6INO/c11-10-3-1-8(2-4-10)5-9(6-12)7-13/h1-5,7H/b9-5-. The largest absolute Gasteiger partial charge is 0.297 e. The molecule has 0 aliphatic rings. The van der Waals surface area contributed by atoms with Crippen molar-refractivity contribution in [3.8, 4) is 6.07 Å². The molecular weight excluding hydrogens is 277 g/mol. The van der Waals surface area contributed by atoms with Gasteiger partial charge in [0.2, 0.25) is 0 Å². The van der Waals surface area contributed by atoms with Crippen molar-refractivity contribution in [1.82, 2.24) is 0 Å². The number of rotatable bonds is 2. The van der Waals surface area contributed by atoms with E-state index in [1.165, 1.54) is 0 Å². The fourth-order valence-electron chi connectivity index (χ4n) is 0.831. The van der Waals surface area contributed by atoms with Crippen LogP contribution in [0.1, 0.15) is 5.56 Å². The normalized spacial score (nSPS) is 10.6. The Morgan fingerprint density at radius 2 is 2.00 bits per heavy atom. The quantitative estimate of drug-likeness (QED) is 0.362. The first-order valence-corrected chi connectivity index (χ1v) is 4.66. The van der Waals surface area contributed by atoms with Crippen molar-refractivity contribution in [3.63, 3.8) is 0 Å². The molecule has 0 amide bonds. The van der Waals surface area contributed by atoms with Crippen LogP contribution in [0.25, 0.3) is 6.08 Å². The molecule has 0 N–H and O–H groups in total. The van der Waals surface area contributed by atoms with Crippen LogP contribution in [0.2, 0.25) is 0 Å². The van der Waals surface area contributed by atoms with Gasteiger partial charge < -0.3 is 0 Å². The zero-order valence-electron chi connectivity index (χ0n) is 6.70. The minimum absolute atomic E-state index is 0.140. The van der Waals surface area contributed by atoms with Crippen LogP contribution in [0.15, 0.2) is 29.8 Å². The van der Waals surface area contributed by atoms with Crippen LogP contribution in [-0.4, -0.2) is 6.29 Å². The molecule has 0 saturated carbocycles. The van der Waals surface area contributed by atoms with E-state index in [2.05, 4.69) is 22.6 Å². The third-order valence-electron chi connectivity index (χ3n) is 1.45. The number of allylic oxidation sites excluding steroid dienone is 1. The van der Waals surface area contributed by atoms with Crippen LogP contribution in [0.5, 0.6) is 0 Å². The van der Waals surface area contributed by atoms with Crippen molar-refractivity contribution in [3.05, 3.63) is 39.0 Å². The Morgan fingerprint density at radius 3 is 2.46 bits per heavy atom. The van der Waals surface area contributed by atoms with Gasteiger partial charge in [-0.3, -0.25) is 4.79 Å². The van der Waals surface area contributed by atoms with Gasteiger partial charge in [-0.15, -0.1) is 0 Å². The summed E-state index contributed by atoms with van der Waals surface area (Å²) in [6.07, 6.45) is 2.11. The second-order valence-corrected chi connectivity index (χ2v) is 3.63. The molecule has 0 bridgehead atoms. The average molecular weight is 283 g/mol. The number of aldehydes is 1. The Balaban J connectivity index is 2.98. The Hall–Kier alpha value is -1.15. The molecule has 64 valence electrons. The molecule has 0 aromatic heterocycles. The summed E-state index contributed by atoms with van der Waals surface area (Å²) in [5.41, 5.74) is 1.00. The summed E-state index contributed by atoms with van der Waals surface area (Å²) in [4.78, 5) is 10.3. The van der Waals surface area contributed by atoms with E-state index in [0.29, 0.717) is 6.29 Å². The van der Waals surface area contributed by atoms with Gasteiger partial charge in [0.1, 0.15) is 6.07 Å². The highest BCUT2D eigenvalue weighted by Gasteiger charge is 1.93. The second kappa shape index (κ2) is 4.77. The maximum Gasteiger partial charge on any atom is 0.160 e. The van der Waals surface area contributed by atoms with Gasteiger partial charge in [0.25, 0.3) is 0 Å². The third-order valence-corrected chi connectivity index (χ3v) is 2.17. The molecule has 1 aromatic rings. The molecule has 0 unspecified atom stereocenters. The number of benzene rings is 1. The monoisotopic (exact) mass is 283 g/mol. The summed E-state index contributed by atoms with van der Waals surface area (Å²) in [6, 6.07) is 9.38. The van der Waals surface area contributed by atoms with Crippen molar-refractivity contribution in [1.29, 1.82) is 5.26 Å². The predicted octanol–water partition coefficient (Wildman–Crippen LogP) is 2.40. The van der Waals surface area contributed by atoms with E-state index in [9.17, 15) is 4.79 Å². The van der Waals surface area contributed by atoms with Gasteiger partial charge in [0.15, 0.2) is 6.29 Å². The molecule has 1 aromatic carbocycles. The number of nitrogens with zero attached hydrogens (tertiary/aromatic N) is 1. The van der Waals surface area contributed by atoms with Crippen molar-refractivity contribution < 1.29 is 4.79 Å². The highest BCUT2D eigenvalue weighted by atomic mass is 127. The van der Waals surface area contributed by atoms with Crippen LogP contribution < -0.4 is 0 Å². The highest BCUT2D eigenvalue weighted by Crippen LogP contribution is 2.09. The summed E-state index contributed by atoms with van der Waals surface area (Å²) in [5.74, 6) is 0. The topological polar surface area (TPSA) is 40.9 Å². The summed E-state index contributed by atoms with van der Waals surface area (Å²) in [7, 11) is 0. The summed E-state index contributed by atoms with van der Waals surface area (Å²) < 4.78 is 1.12. The van der Waals surface area contributed by atoms with Crippen molar-refractivity contribution >= 4 is 35.0 Å². The van der Waals surface area contributed by atoms with E-state index in [4.69, 9.17) is 5.26 Å². The fraction of sp³-hybridized carbons (Fsp3) is 0. The smallest absolute Gasteiger partial charge is 0.160 e. The third kappa shape index (κ3) is 2.99. The van der Waals surface area contributed by atoms with Gasteiger partial charge in [-0.2, -0.15) is 5.26 Å². The molecule has 0 spiro atoms. The van der Waals surface area contributed by atoms with Crippen molar-refractivity contribution in [2.75, 3.05) is 0 Å². The molecule has 0 atom stereocenters. The minimum atomic E-state index is 0.140.